The van der Waals surface area contributed by atoms with E-state index < -0.39 is 0 Å². The van der Waals surface area contributed by atoms with Gasteiger partial charge in [0.2, 0.25) is 0 Å². The lowest BCUT2D eigenvalue weighted by Gasteiger charge is -2.38. The van der Waals surface area contributed by atoms with Gasteiger partial charge in [-0.25, -0.2) is 0 Å². The van der Waals surface area contributed by atoms with E-state index in [4.69, 9.17) is 0 Å². The van der Waals surface area contributed by atoms with E-state index in [0.717, 1.165) is 6.42 Å². The second-order valence-electron chi connectivity index (χ2n) is 7.21. The van der Waals surface area contributed by atoms with Crippen molar-refractivity contribution in [2.24, 2.45) is 11.3 Å². The van der Waals surface area contributed by atoms with Gasteiger partial charge in [-0.15, -0.1) is 0 Å². The quantitative estimate of drug-likeness (QED) is 0.493. The van der Waals surface area contributed by atoms with Crippen LogP contribution in [0.1, 0.15) is 48.0 Å². The van der Waals surface area contributed by atoms with Crippen molar-refractivity contribution in [3.05, 3.63) is 71.4 Å². The van der Waals surface area contributed by atoms with Gasteiger partial charge in [0.25, 0.3) is 0 Å². The van der Waals surface area contributed by atoms with Crippen molar-refractivity contribution in [1.29, 1.82) is 0 Å². The first kappa shape index (κ1) is 19.4. The monoisotopic (exact) mass is 312 g/mol. The molecule has 0 unspecified atom stereocenters. The van der Waals surface area contributed by atoms with Crippen LogP contribution in [0.25, 0.3) is 0 Å². The van der Waals surface area contributed by atoms with Gasteiger partial charge in [-0.3, -0.25) is 0 Å². The topological polar surface area (TPSA) is 20.2 Å². The van der Waals surface area contributed by atoms with Crippen molar-refractivity contribution in [1.82, 2.24) is 0 Å². The van der Waals surface area contributed by atoms with Crippen molar-refractivity contribution >= 4 is 0 Å². The van der Waals surface area contributed by atoms with Gasteiger partial charge in [0.05, 0.1) is 6.10 Å². The summed E-state index contributed by atoms with van der Waals surface area (Å²) in [6, 6.07) is 0. The second-order valence-corrected chi connectivity index (χ2v) is 7.21. The summed E-state index contributed by atoms with van der Waals surface area (Å²) >= 11 is 0. The van der Waals surface area contributed by atoms with Gasteiger partial charge < -0.3 is 5.11 Å². The zero-order valence-corrected chi connectivity index (χ0v) is 15.5. The molecule has 1 nitrogen and oxygen atoms in total. The van der Waals surface area contributed by atoms with Crippen molar-refractivity contribution in [2.45, 2.75) is 54.1 Å². The fraction of sp³-hybridized carbons (Fsp3) is 0.455. The lowest BCUT2D eigenvalue weighted by atomic mass is 9.67. The fourth-order valence-electron chi connectivity index (χ4n) is 3.12. The second kappa shape index (κ2) is 8.88. The first-order valence-corrected chi connectivity index (χ1v) is 8.45. The maximum absolute atomic E-state index is 9.91. The Balaban J connectivity index is 2.78. The lowest BCUT2D eigenvalue weighted by molar-refractivity contribution is 0.117. The zero-order valence-electron chi connectivity index (χ0n) is 15.5. The number of hydrogen-bond acceptors (Lipinski definition) is 1. The summed E-state index contributed by atoms with van der Waals surface area (Å²) in [4.78, 5) is 0. The van der Waals surface area contributed by atoms with Crippen LogP contribution in [0.3, 0.4) is 0 Å². The van der Waals surface area contributed by atoms with Crippen LogP contribution in [0, 0.1) is 11.3 Å². The molecule has 0 fully saturated rings. The van der Waals surface area contributed by atoms with Crippen LogP contribution in [0.4, 0.5) is 0 Å². The minimum atomic E-state index is -0.304. The highest BCUT2D eigenvalue weighted by Gasteiger charge is 2.34. The van der Waals surface area contributed by atoms with Gasteiger partial charge in [-0.1, -0.05) is 85.3 Å². The van der Waals surface area contributed by atoms with Crippen LogP contribution in [-0.4, -0.2) is 11.2 Å². The molecule has 0 aromatic heterocycles. The molecule has 0 amide bonds. The average molecular weight is 312 g/mol. The van der Waals surface area contributed by atoms with E-state index in [0.29, 0.717) is 5.92 Å². The molecule has 0 aliphatic heterocycles. The van der Waals surface area contributed by atoms with E-state index in [9.17, 15) is 5.11 Å². The molecule has 1 heteroatoms. The first-order chi connectivity index (χ1) is 10.8. The van der Waals surface area contributed by atoms with E-state index in [1.807, 2.05) is 25.2 Å². The summed E-state index contributed by atoms with van der Waals surface area (Å²) in [5, 5.41) is 9.91. The summed E-state index contributed by atoms with van der Waals surface area (Å²) in [5.41, 5.74) is 3.82. The van der Waals surface area contributed by atoms with Gasteiger partial charge in [0.15, 0.2) is 0 Å². The Kier molecular flexibility index (Phi) is 7.51. The van der Waals surface area contributed by atoms with Crippen LogP contribution < -0.4 is 0 Å². The van der Waals surface area contributed by atoms with E-state index >= 15 is 0 Å². The Morgan fingerprint density at radius 3 is 2.35 bits per heavy atom. The predicted molar refractivity (Wildman–Crippen MR) is 102 cm³/mol. The average Bonchev–Trinajstić information content (AvgIpc) is 2.43. The van der Waals surface area contributed by atoms with E-state index in [1.54, 1.807) is 0 Å². The molecule has 0 spiro atoms. The highest BCUT2D eigenvalue weighted by Crippen LogP contribution is 2.41. The van der Waals surface area contributed by atoms with Crippen molar-refractivity contribution in [3.63, 3.8) is 0 Å². The first-order valence-electron chi connectivity index (χ1n) is 8.45. The molecule has 0 saturated carbocycles. The summed E-state index contributed by atoms with van der Waals surface area (Å²) < 4.78 is 0. The third kappa shape index (κ3) is 6.58. The van der Waals surface area contributed by atoms with Gasteiger partial charge in [-0.05, 0) is 39.5 Å². The molecular formula is C22H32O. The molecule has 23 heavy (non-hydrogen) atoms. The molecule has 0 heterocycles. The van der Waals surface area contributed by atoms with Crippen LogP contribution in [-0.2, 0) is 0 Å². The summed E-state index contributed by atoms with van der Waals surface area (Å²) in [6.45, 7) is 12.8. The smallest absolute Gasteiger partial charge is 0.0729 e. The van der Waals surface area contributed by atoms with Crippen LogP contribution in [0.5, 0.6) is 0 Å². The Morgan fingerprint density at radius 1 is 1.13 bits per heavy atom. The summed E-state index contributed by atoms with van der Waals surface area (Å²) in [6.07, 6.45) is 19.5. The number of allylic oxidation sites excluding steroid dienone is 11. The van der Waals surface area contributed by atoms with Gasteiger partial charge in [0, 0.05) is 5.92 Å². The van der Waals surface area contributed by atoms with Crippen LogP contribution in [0.2, 0.25) is 0 Å². The van der Waals surface area contributed by atoms with Crippen molar-refractivity contribution in [3.8, 4) is 0 Å². The molecule has 0 aromatic carbocycles. The molecule has 126 valence electrons. The summed E-state index contributed by atoms with van der Waals surface area (Å²) in [5.74, 6) is 0.384. The number of rotatable bonds is 5. The van der Waals surface area contributed by atoms with E-state index in [-0.39, 0.29) is 11.5 Å². The standard InChI is InChI=1S/C22H32O/c1-7-8-10-17(2)11-9-12-18(3)13-14-21-19(4)15-20(23)16-22(21,5)6/h7-15,20-21,23H,16H2,1-6H3/b8-7+,11-9+,14-13+,17-10+,18-12+/t20-,21+/m0/s1. The molecule has 1 aliphatic carbocycles. The Labute approximate surface area is 142 Å². The molecule has 0 bridgehead atoms. The lowest BCUT2D eigenvalue weighted by Crippen LogP contribution is -2.32. The predicted octanol–water partition coefficient (Wildman–Crippen LogP) is 5.92. The third-order valence-electron chi connectivity index (χ3n) is 4.34. The van der Waals surface area contributed by atoms with E-state index in [1.165, 1.54) is 16.7 Å². The van der Waals surface area contributed by atoms with E-state index in [2.05, 4.69) is 71.1 Å². The van der Waals surface area contributed by atoms with Crippen molar-refractivity contribution in [2.75, 3.05) is 0 Å². The maximum Gasteiger partial charge on any atom is 0.0729 e. The molecular weight excluding hydrogens is 280 g/mol. The van der Waals surface area contributed by atoms with Gasteiger partial charge >= 0.3 is 0 Å². The fourth-order valence-corrected chi connectivity index (χ4v) is 3.12. The maximum atomic E-state index is 9.91. The molecule has 1 N–H and O–H groups in total. The van der Waals surface area contributed by atoms with Crippen LogP contribution >= 0.6 is 0 Å². The molecule has 0 radical (unpaired) electrons. The van der Waals surface area contributed by atoms with Gasteiger partial charge in [0.1, 0.15) is 0 Å². The SMILES string of the molecule is C/C=C/C=C(C)/C=C/C=C(C)/C=C/[C@@H]1C(C)=C[C@H](O)CC1(C)C. The zero-order chi connectivity index (χ0) is 17.5. The molecule has 1 rings (SSSR count). The third-order valence-corrected chi connectivity index (χ3v) is 4.34. The van der Waals surface area contributed by atoms with Crippen molar-refractivity contribution < 1.29 is 5.11 Å². The highest BCUT2D eigenvalue weighted by atomic mass is 16.3. The number of hydrogen-bond donors (Lipinski definition) is 1. The molecule has 0 saturated heterocycles. The van der Waals surface area contributed by atoms with Gasteiger partial charge in [-0.2, -0.15) is 0 Å². The molecule has 2 atom stereocenters. The normalized spacial score (nSPS) is 26.5. The molecule has 0 aromatic rings. The largest absolute Gasteiger partial charge is 0.389 e. The summed E-state index contributed by atoms with van der Waals surface area (Å²) in [7, 11) is 0. The Bertz CT molecular complexity index is 565. The Hall–Kier alpha value is -1.60. The number of aliphatic hydroxyl groups excluding tert-OH is 1. The Morgan fingerprint density at radius 2 is 1.74 bits per heavy atom. The molecule has 1 aliphatic rings. The van der Waals surface area contributed by atoms with Crippen LogP contribution in [0.15, 0.2) is 71.4 Å². The minimum Gasteiger partial charge on any atom is -0.389 e. The highest BCUT2D eigenvalue weighted by molar-refractivity contribution is 5.30. The minimum absolute atomic E-state index is 0.0939. The number of aliphatic hydroxyl groups is 1.